The lowest BCUT2D eigenvalue weighted by atomic mass is 10.3. The Labute approximate surface area is 87.6 Å². The Morgan fingerprint density at radius 2 is 2.20 bits per heavy atom. The normalized spacial score (nSPS) is 10.5. The highest BCUT2D eigenvalue weighted by molar-refractivity contribution is 5.02. The highest BCUT2D eigenvalue weighted by Crippen LogP contribution is 1.98. The number of nitrogens with zero attached hydrogens (tertiary/aromatic N) is 3. The van der Waals surface area contributed by atoms with Crippen LogP contribution in [-0.2, 0) is 13.1 Å². The molecule has 5 heteroatoms. The highest BCUT2D eigenvalue weighted by atomic mass is 16.4. The third-order valence-corrected chi connectivity index (χ3v) is 1.88. The summed E-state index contributed by atoms with van der Waals surface area (Å²) in [5.74, 6) is 1.19. The minimum absolute atomic E-state index is 0.567. The van der Waals surface area contributed by atoms with E-state index in [0.717, 1.165) is 5.69 Å². The molecule has 0 aromatic carbocycles. The third-order valence-electron chi connectivity index (χ3n) is 1.88. The predicted octanol–water partition coefficient (Wildman–Crippen LogP) is 1.06. The van der Waals surface area contributed by atoms with Crippen LogP contribution in [0, 0.1) is 6.92 Å². The number of nitrogens with one attached hydrogen (secondary N) is 1. The van der Waals surface area contributed by atoms with Crippen molar-refractivity contribution in [3.8, 4) is 0 Å². The van der Waals surface area contributed by atoms with Crippen molar-refractivity contribution in [3.05, 3.63) is 41.9 Å². The molecule has 0 aliphatic heterocycles. The molecule has 0 saturated heterocycles. The number of aromatic nitrogens is 3. The van der Waals surface area contributed by atoms with Crippen molar-refractivity contribution in [1.82, 2.24) is 20.5 Å². The van der Waals surface area contributed by atoms with Crippen LogP contribution in [0.25, 0.3) is 0 Å². The second-order valence-electron chi connectivity index (χ2n) is 3.14. The summed E-state index contributed by atoms with van der Waals surface area (Å²) in [6.07, 6.45) is 1.77. The molecule has 0 spiro atoms. The fourth-order valence-corrected chi connectivity index (χ4v) is 1.21. The van der Waals surface area contributed by atoms with Crippen LogP contribution in [-0.4, -0.2) is 15.2 Å². The number of pyridine rings is 1. The van der Waals surface area contributed by atoms with E-state index < -0.39 is 0 Å². The number of hydrogen-bond acceptors (Lipinski definition) is 5. The summed E-state index contributed by atoms with van der Waals surface area (Å²) in [6.45, 7) is 3.04. The smallest absolute Gasteiger partial charge is 0.230 e. The molecule has 0 aliphatic rings. The zero-order valence-corrected chi connectivity index (χ0v) is 8.47. The molecule has 0 amide bonds. The maximum absolute atomic E-state index is 5.22. The molecular weight excluding hydrogens is 192 g/mol. The molecule has 0 bridgehead atoms. The zero-order chi connectivity index (χ0) is 10.5. The van der Waals surface area contributed by atoms with Crippen LogP contribution in [0.2, 0.25) is 0 Å². The minimum Gasteiger partial charge on any atom is -0.424 e. The first kappa shape index (κ1) is 9.79. The average molecular weight is 204 g/mol. The molecule has 5 nitrogen and oxygen atoms in total. The van der Waals surface area contributed by atoms with Gasteiger partial charge in [-0.1, -0.05) is 6.07 Å². The van der Waals surface area contributed by atoms with Gasteiger partial charge < -0.3 is 9.73 Å². The van der Waals surface area contributed by atoms with Crippen molar-refractivity contribution in [3.63, 3.8) is 0 Å². The van der Waals surface area contributed by atoms with Gasteiger partial charge in [0.05, 0.1) is 12.2 Å². The van der Waals surface area contributed by atoms with Crippen molar-refractivity contribution in [2.45, 2.75) is 20.0 Å². The number of rotatable bonds is 4. The molecule has 78 valence electrons. The van der Waals surface area contributed by atoms with Crippen LogP contribution in [0.3, 0.4) is 0 Å². The lowest BCUT2D eigenvalue weighted by Gasteiger charge is -2.00. The summed E-state index contributed by atoms with van der Waals surface area (Å²) in [4.78, 5) is 4.19. The van der Waals surface area contributed by atoms with Gasteiger partial charge in [0.2, 0.25) is 11.8 Å². The summed E-state index contributed by atoms with van der Waals surface area (Å²) in [7, 11) is 0. The molecule has 0 atom stereocenters. The van der Waals surface area contributed by atoms with Gasteiger partial charge in [-0.3, -0.25) is 4.98 Å². The number of aryl methyl sites for hydroxylation is 1. The Bertz CT molecular complexity index is 412. The van der Waals surface area contributed by atoms with Gasteiger partial charge in [-0.2, -0.15) is 0 Å². The fraction of sp³-hybridized carbons (Fsp3) is 0.300. The molecule has 0 saturated carbocycles. The van der Waals surface area contributed by atoms with Gasteiger partial charge in [0, 0.05) is 19.7 Å². The van der Waals surface area contributed by atoms with E-state index in [9.17, 15) is 0 Å². The van der Waals surface area contributed by atoms with E-state index in [1.165, 1.54) is 0 Å². The van der Waals surface area contributed by atoms with Gasteiger partial charge in [-0.05, 0) is 12.1 Å². The summed E-state index contributed by atoms with van der Waals surface area (Å²) in [6, 6.07) is 5.82. The maximum atomic E-state index is 5.22. The zero-order valence-electron chi connectivity index (χ0n) is 8.47. The van der Waals surface area contributed by atoms with E-state index in [1.807, 2.05) is 18.2 Å². The Hall–Kier alpha value is -1.75. The van der Waals surface area contributed by atoms with Crippen LogP contribution < -0.4 is 5.32 Å². The van der Waals surface area contributed by atoms with E-state index in [4.69, 9.17) is 4.42 Å². The van der Waals surface area contributed by atoms with Crippen LogP contribution >= 0.6 is 0 Å². The van der Waals surface area contributed by atoms with Crippen molar-refractivity contribution in [2.75, 3.05) is 0 Å². The van der Waals surface area contributed by atoms with Crippen LogP contribution in [0.5, 0.6) is 0 Å². The highest BCUT2D eigenvalue weighted by Gasteiger charge is 2.00. The molecule has 1 N–H and O–H groups in total. The van der Waals surface area contributed by atoms with Gasteiger partial charge >= 0.3 is 0 Å². The maximum Gasteiger partial charge on any atom is 0.230 e. The minimum atomic E-state index is 0.567. The lowest BCUT2D eigenvalue weighted by molar-refractivity contribution is 0.446. The Morgan fingerprint density at radius 1 is 1.27 bits per heavy atom. The first-order chi connectivity index (χ1) is 7.34. The topological polar surface area (TPSA) is 63.8 Å². The molecule has 2 rings (SSSR count). The first-order valence-electron chi connectivity index (χ1n) is 4.74. The molecule has 2 heterocycles. The number of hydrogen-bond donors (Lipinski definition) is 1. The average Bonchev–Trinajstić information content (AvgIpc) is 2.66. The summed E-state index contributed by atoms with van der Waals surface area (Å²) in [5.41, 5.74) is 0.994. The molecule has 0 unspecified atom stereocenters. The monoisotopic (exact) mass is 204 g/mol. The van der Waals surface area contributed by atoms with Gasteiger partial charge in [-0.15, -0.1) is 10.2 Å². The molecule has 0 aliphatic carbocycles. The largest absolute Gasteiger partial charge is 0.424 e. The van der Waals surface area contributed by atoms with E-state index in [1.54, 1.807) is 13.1 Å². The van der Waals surface area contributed by atoms with E-state index >= 15 is 0 Å². The molecule has 2 aromatic heterocycles. The van der Waals surface area contributed by atoms with Crippen molar-refractivity contribution in [1.29, 1.82) is 0 Å². The van der Waals surface area contributed by atoms with Crippen LogP contribution in [0.1, 0.15) is 17.5 Å². The second-order valence-corrected chi connectivity index (χ2v) is 3.14. The van der Waals surface area contributed by atoms with Gasteiger partial charge in [-0.25, -0.2) is 0 Å². The Balaban J connectivity index is 1.80. The van der Waals surface area contributed by atoms with Crippen molar-refractivity contribution >= 4 is 0 Å². The van der Waals surface area contributed by atoms with E-state index in [-0.39, 0.29) is 0 Å². The quantitative estimate of drug-likeness (QED) is 0.806. The molecule has 0 radical (unpaired) electrons. The van der Waals surface area contributed by atoms with Gasteiger partial charge in [0.1, 0.15) is 0 Å². The van der Waals surface area contributed by atoms with Crippen molar-refractivity contribution < 1.29 is 4.42 Å². The molecule has 15 heavy (non-hydrogen) atoms. The van der Waals surface area contributed by atoms with E-state index in [0.29, 0.717) is 24.9 Å². The van der Waals surface area contributed by atoms with Crippen molar-refractivity contribution in [2.24, 2.45) is 0 Å². The molecule has 2 aromatic rings. The van der Waals surface area contributed by atoms with E-state index in [2.05, 4.69) is 20.5 Å². The second kappa shape index (κ2) is 4.65. The molecular formula is C10H12N4O. The van der Waals surface area contributed by atoms with Gasteiger partial charge in [0.15, 0.2) is 0 Å². The standard InChI is InChI=1S/C10H12N4O/c1-8-13-14-10(15-8)7-11-6-9-4-2-3-5-12-9/h2-5,11H,6-7H2,1H3. The fourth-order valence-electron chi connectivity index (χ4n) is 1.21. The Morgan fingerprint density at radius 3 is 2.87 bits per heavy atom. The SMILES string of the molecule is Cc1nnc(CNCc2ccccn2)o1. The van der Waals surface area contributed by atoms with Gasteiger partial charge in [0.25, 0.3) is 0 Å². The summed E-state index contributed by atoms with van der Waals surface area (Å²) >= 11 is 0. The summed E-state index contributed by atoms with van der Waals surface area (Å²) < 4.78 is 5.22. The Kier molecular flexibility index (Phi) is 3.04. The predicted molar refractivity (Wildman–Crippen MR) is 53.8 cm³/mol. The first-order valence-corrected chi connectivity index (χ1v) is 4.74. The molecule has 0 fully saturated rings. The van der Waals surface area contributed by atoms with Crippen LogP contribution in [0.15, 0.2) is 28.8 Å². The lowest BCUT2D eigenvalue weighted by Crippen LogP contribution is -2.13. The summed E-state index contributed by atoms with van der Waals surface area (Å²) in [5, 5.41) is 10.8. The van der Waals surface area contributed by atoms with Crippen LogP contribution in [0.4, 0.5) is 0 Å². The third kappa shape index (κ3) is 2.85.